The van der Waals surface area contributed by atoms with E-state index in [1.54, 1.807) is 38.7 Å². The van der Waals surface area contributed by atoms with Gasteiger partial charge >= 0.3 is 5.97 Å². The Bertz CT molecular complexity index is 897. The molecule has 0 aliphatic heterocycles. The van der Waals surface area contributed by atoms with Gasteiger partial charge in [-0.3, -0.25) is 9.97 Å². The lowest BCUT2D eigenvalue weighted by atomic mass is 10.1. The molecule has 0 atom stereocenters. The van der Waals surface area contributed by atoms with Crippen molar-refractivity contribution < 1.29 is 14.3 Å². The second-order valence-electron chi connectivity index (χ2n) is 5.33. The molecule has 1 aromatic carbocycles. The Morgan fingerprint density at radius 2 is 1.85 bits per heavy atom. The van der Waals surface area contributed by atoms with Gasteiger partial charge in [0.15, 0.2) is 0 Å². The summed E-state index contributed by atoms with van der Waals surface area (Å²) in [5, 5.41) is 3.18. The normalized spacial score (nSPS) is 10.2. The smallest absolute Gasteiger partial charge is 0.339 e. The minimum atomic E-state index is -0.415. The maximum absolute atomic E-state index is 11.9. The van der Waals surface area contributed by atoms with Gasteiger partial charge in [-0.2, -0.15) is 0 Å². The van der Waals surface area contributed by atoms with Crippen LogP contribution in [0, 0.1) is 0 Å². The Balaban J connectivity index is 1.82. The van der Waals surface area contributed by atoms with Gasteiger partial charge in [0.1, 0.15) is 11.6 Å². The number of aromatic nitrogens is 3. The minimum absolute atomic E-state index is 0.310. The Morgan fingerprint density at radius 1 is 1.08 bits per heavy atom. The number of nitrogens with one attached hydrogen (secondary N) is 1. The standard InChI is InChI=1S/C19H18N4O3/c1-3-26-19(24)14-8-13(9-20-10-14)17-11-21-12-18(23-17)22-15-4-6-16(25-2)7-5-15/h4-12H,3H2,1-2H3,(H,22,23). The molecule has 0 fully saturated rings. The van der Waals surface area contributed by atoms with E-state index in [-0.39, 0.29) is 0 Å². The molecule has 0 unspecified atom stereocenters. The van der Waals surface area contributed by atoms with E-state index < -0.39 is 5.97 Å². The van der Waals surface area contributed by atoms with Crippen molar-refractivity contribution in [3.8, 4) is 17.0 Å². The molecule has 0 radical (unpaired) electrons. The van der Waals surface area contributed by atoms with Crippen molar-refractivity contribution in [3.63, 3.8) is 0 Å². The Labute approximate surface area is 151 Å². The number of carbonyl (C=O) groups excluding carboxylic acids is 1. The molecule has 2 heterocycles. The number of anilines is 2. The molecule has 0 saturated heterocycles. The van der Waals surface area contributed by atoms with Crippen LogP contribution in [0.3, 0.4) is 0 Å². The molecule has 1 N–H and O–H groups in total. The lowest BCUT2D eigenvalue weighted by molar-refractivity contribution is 0.0526. The highest BCUT2D eigenvalue weighted by atomic mass is 16.5. The van der Waals surface area contributed by atoms with E-state index >= 15 is 0 Å². The zero-order chi connectivity index (χ0) is 18.4. The average molecular weight is 350 g/mol. The van der Waals surface area contributed by atoms with Gasteiger partial charge < -0.3 is 14.8 Å². The van der Waals surface area contributed by atoms with Crippen LogP contribution in [-0.2, 0) is 4.74 Å². The van der Waals surface area contributed by atoms with Crippen LogP contribution in [-0.4, -0.2) is 34.6 Å². The quantitative estimate of drug-likeness (QED) is 0.681. The van der Waals surface area contributed by atoms with E-state index in [4.69, 9.17) is 9.47 Å². The molecule has 0 saturated carbocycles. The molecular weight excluding hydrogens is 332 g/mol. The van der Waals surface area contributed by atoms with Crippen LogP contribution in [0.25, 0.3) is 11.3 Å². The van der Waals surface area contributed by atoms with Crippen molar-refractivity contribution >= 4 is 17.5 Å². The Kier molecular flexibility index (Phi) is 5.38. The van der Waals surface area contributed by atoms with E-state index in [1.165, 1.54) is 6.20 Å². The van der Waals surface area contributed by atoms with Crippen LogP contribution in [0.5, 0.6) is 5.75 Å². The fourth-order valence-corrected chi connectivity index (χ4v) is 2.29. The maximum atomic E-state index is 11.9. The zero-order valence-electron chi connectivity index (χ0n) is 14.5. The molecule has 0 aliphatic rings. The van der Waals surface area contributed by atoms with Crippen LogP contribution in [0.15, 0.2) is 55.1 Å². The van der Waals surface area contributed by atoms with Gasteiger partial charge in [0.05, 0.1) is 37.4 Å². The Hall–Kier alpha value is -3.48. The number of rotatable bonds is 6. The number of hydrogen-bond donors (Lipinski definition) is 1. The third kappa shape index (κ3) is 4.13. The molecule has 7 heteroatoms. The fourth-order valence-electron chi connectivity index (χ4n) is 2.29. The molecule has 0 bridgehead atoms. The summed E-state index contributed by atoms with van der Waals surface area (Å²) in [4.78, 5) is 24.7. The van der Waals surface area contributed by atoms with Gasteiger partial charge in [-0.25, -0.2) is 9.78 Å². The first kappa shape index (κ1) is 17.3. The number of benzene rings is 1. The third-order valence-corrected chi connectivity index (χ3v) is 3.54. The SMILES string of the molecule is CCOC(=O)c1cncc(-c2cncc(Nc3ccc(OC)cc3)n2)c1. The van der Waals surface area contributed by atoms with Gasteiger partial charge in [0.25, 0.3) is 0 Å². The Morgan fingerprint density at radius 3 is 2.58 bits per heavy atom. The summed E-state index contributed by atoms with van der Waals surface area (Å²) in [6.07, 6.45) is 6.33. The van der Waals surface area contributed by atoms with Crippen LogP contribution in [0.4, 0.5) is 11.5 Å². The molecule has 0 aliphatic carbocycles. The van der Waals surface area contributed by atoms with Gasteiger partial charge in [-0.15, -0.1) is 0 Å². The summed E-state index contributed by atoms with van der Waals surface area (Å²) in [5.41, 5.74) is 2.51. The lowest BCUT2D eigenvalue weighted by Gasteiger charge is -2.08. The monoisotopic (exact) mass is 350 g/mol. The number of ether oxygens (including phenoxy) is 2. The number of pyridine rings is 1. The van der Waals surface area contributed by atoms with E-state index in [1.807, 2.05) is 24.3 Å². The summed E-state index contributed by atoms with van der Waals surface area (Å²) in [5.74, 6) is 0.939. The second kappa shape index (κ2) is 8.06. The predicted molar refractivity (Wildman–Crippen MR) is 97.5 cm³/mol. The van der Waals surface area contributed by atoms with Gasteiger partial charge in [-0.05, 0) is 37.3 Å². The molecule has 2 aromatic heterocycles. The summed E-state index contributed by atoms with van der Waals surface area (Å²) in [6.45, 7) is 2.07. The maximum Gasteiger partial charge on any atom is 0.339 e. The van der Waals surface area contributed by atoms with Gasteiger partial charge in [-0.1, -0.05) is 0 Å². The molecule has 3 aromatic rings. The number of methoxy groups -OCH3 is 1. The van der Waals surface area contributed by atoms with Crippen LogP contribution in [0.1, 0.15) is 17.3 Å². The van der Waals surface area contributed by atoms with Crippen molar-refractivity contribution in [3.05, 3.63) is 60.7 Å². The van der Waals surface area contributed by atoms with E-state index in [0.717, 1.165) is 11.4 Å². The van der Waals surface area contributed by atoms with Gasteiger partial charge in [0.2, 0.25) is 0 Å². The van der Waals surface area contributed by atoms with Crippen LogP contribution in [0.2, 0.25) is 0 Å². The lowest BCUT2D eigenvalue weighted by Crippen LogP contribution is -2.05. The summed E-state index contributed by atoms with van der Waals surface area (Å²) in [7, 11) is 1.62. The molecule has 3 rings (SSSR count). The van der Waals surface area contributed by atoms with Gasteiger partial charge in [0, 0.05) is 23.6 Å². The van der Waals surface area contributed by atoms with Crippen molar-refractivity contribution in [1.29, 1.82) is 0 Å². The highest BCUT2D eigenvalue weighted by molar-refractivity contribution is 5.90. The fraction of sp³-hybridized carbons (Fsp3) is 0.158. The largest absolute Gasteiger partial charge is 0.497 e. The van der Waals surface area contributed by atoms with Crippen molar-refractivity contribution in [2.24, 2.45) is 0 Å². The number of nitrogens with zero attached hydrogens (tertiary/aromatic N) is 3. The predicted octanol–water partition coefficient (Wildman–Crippen LogP) is 3.47. The summed E-state index contributed by atoms with van der Waals surface area (Å²) >= 11 is 0. The van der Waals surface area contributed by atoms with Crippen molar-refractivity contribution in [2.75, 3.05) is 19.0 Å². The number of hydrogen-bond acceptors (Lipinski definition) is 7. The summed E-state index contributed by atoms with van der Waals surface area (Å²) < 4.78 is 10.1. The molecule has 132 valence electrons. The van der Waals surface area contributed by atoms with Crippen LogP contribution < -0.4 is 10.1 Å². The highest BCUT2D eigenvalue weighted by Crippen LogP contribution is 2.22. The van der Waals surface area contributed by atoms with Crippen LogP contribution >= 0.6 is 0 Å². The summed E-state index contributed by atoms with van der Waals surface area (Å²) in [6, 6.07) is 9.16. The zero-order valence-corrected chi connectivity index (χ0v) is 14.5. The van der Waals surface area contributed by atoms with Crippen molar-refractivity contribution in [1.82, 2.24) is 15.0 Å². The van der Waals surface area contributed by atoms with E-state index in [2.05, 4.69) is 20.3 Å². The number of esters is 1. The van der Waals surface area contributed by atoms with E-state index in [0.29, 0.717) is 29.2 Å². The third-order valence-electron chi connectivity index (χ3n) is 3.54. The first-order valence-electron chi connectivity index (χ1n) is 8.05. The molecule has 0 spiro atoms. The minimum Gasteiger partial charge on any atom is -0.497 e. The first-order chi connectivity index (χ1) is 12.7. The first-order valence-corrected chi connectivity index (χ1v) is 8.05. The second-order valence-corrected chi connectivity index (χ2v) is 5.33. The average Bonchev–Trinajstić information content (AvgIpc) is 2.69. The van der Waals surface area contributed by atoms with E-state index in [9.17, 15) is 4.79 Å². The molecule has 7 nitrogen and oxygen atoms in total. The molecule has 26 heavy (non-hydrogen) atoms. The number of carbonyl (C=O) groups is 1. The van der Waals surface area contributed by atoms with Crippen molar-refractivity contribution in [2.45, 2.75) is 6.92 Å². The molecular formula is C19H18N4O3. The molecule has 0 amide bonds. The highest BCUT2D eigenvalue weighted by Gasteiger charge is 2.10. The topological polar surface area (TPSA) is 86.2 Å².